The number of carbonyl (C=O) groups excluding carboxylic acids is 1. The van der Waals surface area contributed by atoms with E-state index in [2.05, 4.69) is 10.3 Å². The molecule has 100 valence electrons. The first-order valence-electron chi connectivity index (χ1n) is 5.58. The van der Waals surface area contributed by atoms with E-state index in [0.29, 0.717) is 10.5 Å². The first-order chi connectivity index (χ1) is 9.63. The third kappa shape index (κ3) is 2.30. The van der Waals surface area contributed by atoms with Crippen molar-refractivity contribution in [2.75, 3.05) is 5.32 Å². The van der Waals surface area contributed by atoms with Crippen LogP contribution in [-0.2, 0) is 0 Å². The van der Waals surface area contributed by atoms with Gasteiger partial charge < -0.3 is 4.42 Å². The topological polar surface area (TPSA) is 72.2 Å². The minimum Gasteiger partial charge on any atom is -0.417 e. The molecule has 2 heterocycles. The smallest absolute Gasteiger partial charge is 0.344 e. The Kier molecular flexibility index (Phi) is 3.03. The Balaban J connectivity index is 2.03. The average molecular weight is 290 g/mol. The van der Waals surface area contributed by atoms with Gasteiger partial charge in [-0.3, -0.25) is 10.1 Å². The number of hydrogen-bond acceptors (Lipinski definition) is 5. The summed E-state index contributed by atoms with van der Waals surface area (Å²) in [6, 6.07) is 4.97. The standard InChI is InChI=1S/C13H7FN2O3S/c14-8-1-2-9-7(5-8)6-10(19-12(9)18)11(17)16-13-15-3-4-20-13/h1-6H,(H,15,16,17). The molecule has 20 heavy (non-hydrogen) atoms. The van der Waals surface area contributed by atoms with Crippen LogP contribution in [0.2, 0.25) is 0 Å². The fraction of sp³-hybridized carbons (Fsp3) is 0. The second kappa shape index (κ2) is 4.86. The number of carbonyl (C=O) groups is 1. The maximum atomic E-state index is 13.2. The van der Waals surface area contributed by atoms with Gasteiger partial charge in [0.2, 0.25) is 0 Å². The molecule has 0 bridgehead atoms. The largest absolute Gasteiger partial charge is 0.417 e. The fourth-order valence-electron chi connectivity index (χ4n) is 1.72. The maximum Gasteiger partial charge on any atom is 0.344 e. The molecule has 0 aliphatic heterocycles. The van der Waals surface area contributed by atoms with Crippen LogP contribution >= 0.6 is 11.3 Å². The van der Waals surface area contributed by atoms with Crippen molar-refractivity contribution in [3.8, 4) is 0 Å². The second-order valence-corrected chi connectivity index (χ2v) is 4.82. The molecule has 0 saturated heterocycles. The van der Waals surface area contributed by atoms with E-state index in [1.807, 2.05) is 0 Å². The van der Waals surface area contributed by atoms with Crippen molar-refractivity contribution >= 4 is 33.1 Å². The van der Waals surface area contributed by atoms with Crippen LogP contribution in [-0.4, -0.2) is 10.9 Å². The van der Waals surface area contributed by atoms with Gasteiger partial charge in [-0.1, -0.05) is 0 Å². The molecule has 1 N–H and O–H groups in total. The second-order valence-electron chi connectivity index (χ2n) is 3.92. The summed E-state index contributed by atoms with van der Waals surface area (Å²) in [6.07, 6.45) is 1.53. The van der Waals surface area contributed by atoms with Gasteiger partial charge in [-0.25, -0.2) is 14.2 Å². The van der Waals surface area contributed by atoms with Crippen molar-refractivity contribution in [2.45, 2.75) is 0 Å². The molecule has 7 heteroatoms. The molecule has 0 aliphatic carbocycles. The number of hydrogen-bond donors (Lipinski definition) is 1. The van der Waals surface area contributed by atoms with Gasteiger partial charge >= 0.3 is 5.63 Å². The van der Waals surface area contributed by atoms with Gasteiger partial charge in [0.05, 0.1) is 5.39 Å². The number of rotatable bonds is 2. The summed E-state index contributed by atoms with van der Waals surface area (Å²) in [6.45, 7) is 0. The summed E-state index contributed by atoms with van der Waals surface area (Å²) >= 11 is 1.23. The highest BCUT2D eigenvalue weighted by Gasteiger charge is 2.13. The Morgan fingerprint density at radius 3 is 2.95 bits per heavy atom. The van der Waals surface area contributed by atoms with Crippen LogP contribution in [0, 0.1) is 5.82 Å². The molecule has 0 spiro atoms. The van der Waals surface area contributed by atoms with Crippen LogP contribution in [0.1, 0.15) is 10.6 Å². The lowest BCUT2D eigenvalue weighted by molar-refractivity contribution is 0.0993. The number of fused-ring (bicyclic) bond motifs is 1. The summed E-state index contributed by atoms with van der Waals surface area (Å²) in [7, 11) is 0. The van der Waals surface area contributed by atoms with Crippen molar-refractivity contribution in [1.29, 1.82) is 0 Å². The number of halogens is 1. The highest BCUT2D eigenvalue weighted by atomic mass is 32.1. The first-order valence-corrected chi connectivity index (χ1v) is 6.46. The SMILES string of the molecule is O=C(Nc1nccs1)c1cc2cc(F)ccc2c(=O)o1. The molecule has 0 aliphatic rings. The van der Waals surface area contributed by atoms with Crippen molar-refractivity contribution in [3.63, 3.8) is 0 Å². The number of nitrogens with zero attached hydrogens (tertiary/aromatic N) is 1. The van der Waals surface area contributed by atoms with Gasteiger partial charge in [0.25, 0.3) is 5.91 Å². The van der Waals surface area contributed by atoms with Gasteiger partial charge in [0.1, 0.15) is 5.82 Å². The number of anilines is 1. The molecule has 0 atom stereocenters. The minimum atomic E-state index is -0.688. The van der Waals surface area contributed by atoms with Gasteiger partial charge in [-0.15, -0.1) is 11.3 Å². The molecule has 0 saturated carbocycles. The van der Waals surface area contributed by atoms with Crippen LogP contribution in [0.3, 0.4) is 0 Å². The highest BCUT2D eigenvalue weighted by molar-refractivity contribution is 7.13. The molecular weight excluding hydrogens is 283 g/mol. The van der Waals surface area contributed by atoms with Gasteiger partial charge in [-0.05, 0) is 29.7 Å². The molecule has 1 amide bonds. The third-order valence-electron chi connectivity index (χ3n) is 2.60. The summed E-state index contributed by atoms with van der Waals surface area (Å²) in [5.41, 5.74) is -0.688. The lowest BCUT2D eigenvalue weighted by Crippen LogP contribution is -2.14. The van der Waals surface area contributed by atoms with Gasteiger partial charge in [0.15, 0.2) is 10.9 Å². The number of amides is 1. The number of thiazole rings is 1. The lowest BCUT2D eigenvalue weighted by Gasteiger charge is -2.02. The fourth-order valence-corrected chi connectivity index (χ4v) is 2.24. The van der Waals surface area contributed by atoms with Crippen molar-refractivity contribution in [3.05, 3.63) is 57.8 Å². The average Bonchev–Trinajstić information content (AvgIpc) is 2.90. The maximum absolute atomic E-state index is 13.2. The normalized spacial score (nSPS) is 10.7. The molecule has 2 aromatic heterocycles. The monoisotopic (exact) mass is 290 g/mol. The Bertz CT molecular complexity index is 842. The number of aromatic nitrogens is 1. The van der Waals surface area contributed by atoms with E-state index in [0.717, 1.165) is 6.07 Å². The third-order valence-corrected chi connectivity index (χ3v) is 3.29. The molecular formula is C13H7FN2O3S. The molecule has 3 rings (SSSR count). The van der Waals surface area contributed by atoms with Crippen molar-refractivity contribution < 1.29 is 13.6 Å². The molecule has 0 radical (unpaired) electrons. The van der Waals surface area contributed by atoms with Crippen molar-refractivity contribution in [2.24, 2.45) is 0 Å². The minimum absolute atomic E-state index is 0.191. The summed E-state index contributed by atoms with van der Waals surface area (Å²) in [4.78, 5) is 27.5. The summed E-state index contributed by atoms with van der Waals surface area (Å²) in [5, 5.41) is 5.10. The predicted octanol–water partition coefficient (Wildman–Crippen LogP) is 2.64. The first kappa shape index (κ1) is 12.5. The van der Waals surface area contributed by atoms with E-state index in [1.165, 1.54) is 35.7 Å². The lowest BCUT2D eigenvalue weighted by atomic mass is 10.1. The van der Waals surface area contributed by atoms with Crippen LogP contribution in [0.15, 0.2) is 45.1 Å². The molecule has 0 fully saturated rings. The summed E-state index contributed by atoms with van der Waals surface area (Å²) < 4.78 is 18.1. The Labute approximate surface area is 115 Å². The summed E-state index contributed by atoms with van der Waals surface area (Å²) in [5.74, 6) is -1.29. The molecule has 5 nitrogen and oxygen atoms in total. The van der Waals surface area contributed by atoms with Crippen LogP contribution < -0.4 is 10.9 Å². The Morgan fingerprint density at radius 1 is 1.35 bits per heavy atom. The molecule has 0 unspecified atom stereocenters. The van der Waals surface area contributed by atoms with E-state index in [-0.39, 0.29) is 11.1 Å². The zero-order valence-electron chi connectivity index (χ0n) is 9.92. The van der Waals surface area contributed by atoms with Gasteiger partial charge in [-0.2, -0.15) is 0 Å². The van der Waals surface area contributed by atoms with E-state index < -0.39 is 17.3 Å². The number of benzene rings is 1. The zero-order chi connectivity index (χ0) is 14.1. The van der Waals surface area contributed by atoms with Crippen LogP contribution in [0.4, 0.5) is 9.52 Å². The van der Waals surface area contributed by atoms with Crippen LogP contribution in [0.25, 0.3) is 10.8 Å². The Morgan fingerprint density at radius 2 is 2.20 bits per heavy atom. The van der Waals surface area contributed by atoms with E-state index in [1.54, 1.807) is 5.38 Å². The number of nitrogens with one attached hydrogen (secondary N) is 1. The molecule has 1 aromatic carbocycles. The highest BCUT2D eigenvalue weighted by Crippen LogP contribution is 2.16. The van der Waals surface area contributed by atoms with Crippen LogP contribution in [0.5, 0.6) is 0 Å². The zero-order valence-corrected chi connectivity index (χ0v) is 10.7. The van der Waals surface area contributed by atoms with Gasteiger partial charge in [0, 0.05) is 11.6 Å². The van der Waals surface area contributed by atoms with E-state index in [4.69, 9.17) is 4.42 Å². The molecule has 3 aromatic rings. The Hall–Kier alpha value is -2.54. The van der Waals surface area contributed by atoms with Crippen molar-refractivity contribution in [1.82, 2.24) is 4.98 Å². The quantitative estimate of drug-likeness (QED) is 0.787. The van der Waals surface area contributed by atoms with E-state index in [9.17, 15) is 14.0 Å². The van der Waals surface area contributed by atoms with E-state index >= 15 is 0 Å². The predicted molar refractivity (Wildman–Crippen MR) is 72.5 cm³/mol.